The van der Waals surface area contributed by atoms with Gasteiger partial charge in [-0.1, -0.05) is 5.16 Å². The van der Waals surface area contributed by atoms with E-state index in [-0.39, 0.29) is 11.3 Å². The van der Waals surface area contributed by atoms with Crippen LogP contribution in [0.3, 0.4) is 0 Å². The minimum absolute atomic E-state index is 0.0839. The first-order valence-corrected chi connectivity index (χ1v) is 5.06. The van der Waals surface area contributed by atoms with Gasteiger partial charge in [0.1, 0.15) is 0 Å². The summed E-state index contributed by atoms with van der Waals surface area (Å²) in [4.78, 5) is 14.8. The lowest BCUT2D eigenvalue weighted by molar-refractivity contribution is -0.0691. The summed E-state index contributed by atoms with van der Waals surface area (Å²) in [5.41, 5.74) is 4.82. The van der Waals surface area contributed by atoms with Crippen LogP contribution in [-0.2, 0) is 4.74 Å². The standard InChI is InChI=1S/C10H10F3N3O4/c1-19-10(17)5-2-4(9(14)16-18)3-6(15-5)20-8(13)7(11)12/h2-3,7-8,18H,1H3,(H2,14,16). The molecule has 7 nitrogen and oxygen atoms in total. The summed E-state index contributed by atoms with van der Waals surface area (Å²) >= 11 is 0. The summed E-state index contributed by atoms with van der Waals surface area (Å²) in [5, 5.41) is 11.2. The molecule has 0 spiro atoms. The zero-order valence-corrected chi connectivity index (χ0v) is 10.1. The number of methoxy groups -OCH3 is 1. The third-order valence-electron chi connectivity index (χ3n) is 2.03. The third-order valence-corrected chi connectivity index (χ3v) is 2.03. The third kappa shape index (κ3) is 3.73. The van der Waals surface area contributed by atoms with E-state index in [4.69, 9.17) is 10.9 Å². The van der Waals surface area contributed by atoms with Crippen LogP contribution in [0.4, 0.5) is 13.2 Å². The molecule has 1 aromatic rings. The SMILES string of the molecule is COC(=O)c1cc(C(N)=NO)cc(OC(F)C(F)F)n1. The summed E-state index contributed by atoms with van der Waals surface area (Å²) in [6, 6.07) is 1.99. The monoisotopic (exact) mass is 293 g/mol. The van der Waals surface area contributed by atoms with Crippen molar-refractivity contribution in [3.8, 4) is 5.88 Å². The Morgan fingerprint density at radius 2 is 2.10 bits per heavy atom. The van der Waals surface area contributed by atoms with Gasteiger partial charge in [-0.25, -0.2) is 18.6 Å². The first-order chi connectivity index (χ1) is 9.38. The van der Waals surface area contributed by atoms with Gasteiger partial charge in [0, 0.05) is 11.6 Å². The second-order valence-corrected chi connectivity index (χ2v) is 3.36. The van der Waals surface area contributed by atoms with Gasteiger partial charge in [-0.2, -0.15) is 4.39 Å². The van der Waals surface area contributed by atoms with Gasteiger partial charge in [-0.05, 0) is 6.07 Å². The molecular formula is C10H10F3N3O4. The predicted molar refractivity (Wildman–Crippen MR) is 59.6 cm³/mol. The molecule has 0 saturated carbocycles. The number of nitrogens with two attached hydrogens (primary N) is 1. The van der Waals surface area contributed by atoms with Gasteiger partial charge >= 0.3 is 12.4 Å². The highest BCUT2D eigenvalue weighted by atomic mass is 19.3. The number of nitrogens with zero attached hydrogens (tertiary/aromatic N) is 2. The lowest BCUT2D eigenvalue weighted by atomic mass is 10.2. The molecule has 0 saturated heterocycles. The first kappa shape index (κ1) is 15.5. The fraction of sp³-hybridized carbons (Fsp3) is 0.300. The normalized spacial score (nSPS) is 13.2. The molecule has 0 amide bonds. The molecule has 10 heteroatoms. The smallest absolute Gasteiger partial charge is 0.356 e. The van der Waals surface area contributed by atoms with Gasteiger partial charge < -0.3 is 20.4 Å². The van der Waals surface area contributed by atoms with Crippen molar-refractivity contribution < 1.29 is 32.6 Å². The van der Waals surface area contributed by atoms with Gasteiger partial charge in [0.05, 0.1) is 7.11 Å². The van der Waals surface area contributed by atoms with E-state index in [9.17, 15) is 18.0 Å². The van der Waals surface area contributed by atoms with Gasteiger partial charge in [0.15, 0.2) is 11.5 Å². The number of hydrogen-bond acceptors (Lipinski definition) is 6. The number of hydrogen-bond donors (Lipinski definition) is 2. The Balaban J connectivity index is 3.19. The van der Waals surface area contributed by atoms with Crippen LogP contribution < -0.4 is 10.5 Å². The van der Waals surface area contributed by atoms with E-state index >= 15 is 0 Å². The maximum Gasteiger partial charge on any atom is 0.356 e. The zero-order valence-electron chi connectivity index (χ0n) is 10.1. The highest BCUT2D eigenvalue weighted by molar-refractivity contribution is 5.99. The Morgan fingerprint density at radius 1 is 1.45 bits per heavy atom. The predicted octanol–water partition coefficient (Wildman–Crippen LogP) is 0.902. The van der Waals surface area contributed by atoms with Crippen molar-refractivity contribution in [3.05, 3.63) is 23.4 Å². The van der Waals surface area contributed by atoms with Crippen LogP contribution >= 0.6 is 0 Å². The van der Waals surface area contributed by atoms with E-state index in [1.807, 2.05) is 0 Å². The average Bonchev–Trinajstić information content (AvgIpc) is 2.44. The van der Waals surface area contributed by atoms with Crippen LogP contribution in [0.15, 0.2) is 17.3 Å². The Bertz CT molecular complexity index is 524. The van der Waals surface area contributed by atoms with Gasteiger partial charge in [0.25, 0.3) is 6.36 Å². The number of carbonyl (C=O) groups excluding carboxylic acids is 1. The van der Waals surface area contributed by atoms with Crippen LogP contribution in [0, 0.1) is 0 Å². The molecule has 0 aromatic carbocycles. The largest absolute Gasteiger partial charge is 0.464 e. The number of pyridine rings is 1. The number of amidine groups is 1. The van der Waals surface area contributed by atoms with Crippen LogP contribution in [0.2, 0.25) is 0 Å². The average molecular weight is 293 g/mol. The van der Waals surface area contributed by atoms with E-state index in [1.54, 1.807) is 0 Å². The topological polar surface area (TPSA) is 107 Å². The van der Waals surface area contributed by atoms with Crippen molar-refractivity contribution in [2.75, 3.05) is 7.11 Å². The molecule has 1 unspecified atom stereocenters. The number of alkyl halides is 3. The highest BCUT2D eigenvalue weighted by Gasteiger charge is 2.23. The van der Waals surface area contributed by atoms with Crippen molar-refractivity contribution in [2.24, 2.45) is 10.9 Å². The summed E-state index contributed by atoms with van der Waals surface area (Å²) in [7, 11) is 1.05. The summed E-state index contributed by atoms with van der Waals surface area (Å²) in [5.74, 6) is -2.02. The minimum atomic E-state index is -3.40. The molecule has 0 fully saturated rings. The quantitative estimate of drug-likeness (QED) is 0.275. The molecule has 1 rings (SSSR count). The molecule has 0 bridgehead atoms. The van der Waals surface area contributed by atoms with Crippen molar-refractivity contribution >= 4 is 11.8 Å². The second-order valence-electron chi connectivity index (χ2n) is 3.36. The molecular weight excluding hydrogens is 283 g/mol. The van der Waals surface area contributed by atoms with Crippen LogP contribution in [0.1, 0.15) is 16.1 Å². The van der Waals surface area contributed by atoms with Gasteiger partial charge in [-0.15, -0.1) is 0 Å². The molecule has 3 N–H and O–H groups in total. The first-order valence-electron chi connectivity index (χ1n) is 5.06. The Hall–Kier alpha value is -2.52. The van der Waals surface area contributed by atoms with E-state index in [0.717, 1.165) is 19.2 Å². The summed E-state index contributed by atoms with van der Waals surface area (Å²) in [6.45, 7) is 0. The number of rotatable bonds is 5. The minimum Gasteiger partial charge on any atom is -0.464 e. The molecule has 0 radical (unpaired) electrons. The van der Waals surface area contributed by atoms with Gasteiger partial charge in [0.2, 0.25) is 5.88 Å². The van der Waals surface area contributed by atoms with Crippen molar-refractivity contribution in [3.63, 3.8) is 0 Å². The maximum absolute atomic E-state index is 12.8. The van der Waals surface area contributed by atoms with Crippen molar-refractivity contribution in [1.29, 1.82) is 0 Å². The molecule has 1 aromatic heterocycles. The summed E-state index contributed by atoms with van der Waals surface area (Å²) in [6.07, 6.45) is -6.33. The number of aromatic nitrogens is 1. The van der Waals surface area contributed by atoms with Crippen LogP contribution in [-0.4, -0.2) is 41.9 Å². The molecule has 20 heavy (non-hydrogen) atoms. The van der Waals surface area contributed by atoms with E-state index in [0.29, 0.717) is 0 Å². The molecule has 110 valence electrons. The van der Waals surface area contributed by atoms with E-state index in [1.165, 1.54) is 0 Å². The molecule has 1 heterocycles. The number of carbonyl (C=O) groups is 1. The molecule has 0 aliphatic rings. The Kier molecular flexibility index (Phi) is 5.12. The lowest BCUT2D eigenvalue weighted by Gasteiger charge is -2.11. The molecule has 1 atom stereocenters. The second kappa shape index (κ2) is 6.59. The zero-order chi connectivity index (χ0) is 15.3. The fourth-order valence-electron chi connectivity index (χ4n) is 1.15. The number of esters is 1. The lowest BCUT2D eigenvalue weighted by Crippen LogP contribution is -2.22. The van der Waals surface area contributed by atoms with Gasteiger partial charge in [-0.3, -0.25) is 0 Å². The van der Waals surface area contributed by atoms with Crippen molar-refractivity contribution in [2.45, 2.75) is 12.8 Å². The van der Waals surface area contributed by atoms with Crippen LogP contribution in [0.5, 0.6) is 5.88 Å². The van der Waals surface area contributed by atoms with Crippen LogP contribution in [0.25, 0.3) is 0 Å². The highest BCUT2D eigenvalue weighted by Crippen LogP contribution is 2.17. The Labute approximate surface area is 110 Å². The number of halogens is 3. The fourth-order valence-corrected chi connectivity index (χ4v) is 1.15. The van der Waals surface area contributed by atoms with E-state index in [2.05, 4.69) is 19.6 Å². The molecule has 0 aliphatic carbocycles. The maximum atomic E-state index is 12.8. The number of oxime groups is 1. The number of ether oxygens (including phenoxy) is 2. The van der Waals surface area contributed by atoms with E-state index < -0.39 is 30.5 Å². The Morgan fingerprint density at radius 3 is 2.60 bits per heavy atom. The van der Waals surface area contributed by atoms with Crippen molar-refractivity contribution in [1.82, 2.24) is 4.98 Å². The summed E-state index contributed by atoms with van der Waals surface area (Å²) < 4.78 is 45.5. The molecule has 0 aliphatic heterocycles.